The van der Waals surface area contributed by atoms with Gasteiger partial charge in [-0.25, -0.2) is 0 Å². The Morgan fingerprint density at radius 3 is 2.50 bits per heavy atom. The highest BCUT2D eigenvalue weighted by atomic mass is 16.5. The summed E-state index contributed by atoms with van der Waals surface area (Å²) in [5, 5.41) is 11.4. The molecule has 1 saturated carbocycles. The summed E-state index contributed by atoms with van der Waals surface area (Å²) in [6.07, 6.45) is 2.01. The topological polar surface area (TPSA) is 75.6 Å². The highest BCUT2D eigenvalue weighted by Gasteiger charge is 2.33. The minimum atomic E-state index is -0.873. The number of rotatable bonds is 7. The van der Waals surface area contributed by atoms with Crippen LogP contribution in [0.15, 0.2) is 0 Å². The molecule has 1 unspecified atom stereocenters. The van der Waals surface area contributed by atoms with Gasteiger partial charge in [-0.1, -0.05) is 0 Å². The molecule has 0 saturated heterocycles. The fraction of sp³-hybridized carbons (Fsp3) is 0.818. The van der Waals surface area contributed by atoms with Crippen LogP contribution in [0.25, 0.3) is 0 Å². The Morgan fingerprint density at radius 1 is 1.44 bits per heavy atom. The highest BCUT2D eigenvalue weighted by Crippen LogP contribution is 2.33. The quantitative estimate of drug-likeness (QED) is 0.676. The molecule has 0 aromatic heterocycles. The van der Waals surface area contributed by atoms with Crippen LogP contribution in [-0.4, -0.2) is 35.7 Å². The van der Waals surface area contributed by atoms with Crippen LogP contribution in [0.1, 0.15) is 33.1 Å². The Kier molecular flexibility index (Phi) is 4.73. The SMILES string of the molecule is CC(C)OCC(=O)NC(CC(=O)O)C1CC1. The van der Waals surface area contributed by atoms with E-state index in [9.17, 15) is 9.59 Å². The van der Waals surface area contributed by atoms with Crippen molar-refractivity contribution in [2.24, 2.45) is 5.92 Å². The molecule has 1 fully saturated rings. The van der Waals surface area contributed by atoms with E-state index in [1.54, 1.807) is 0 Å². The Bertz CT molecular complexity index is 261. The number of carbonyl (C=O) groups excluding carboxylic acids is 1. The highest BCUT2D eigenvalue weighted by molar-refractivity contribution is 5.78. The van der Waals surface area contributed by atoms with Gasteiger partial charge in [-0.15, -0.1) is 0 Å². The van der Waals surface area contributed by atoms with Crippen LogP contribution in [0.5, 0.6) is 0 Å². The van der Waals surface area contributed by atoms with Crippen molar-refractivity contribution in [3.8, 4) is 0 Å². The number of hydrogen-bond donors (Lipinski definition) is 2. The summed E-state index contributed by atoms with van der Waals surface area (Å²) in [6, 6.07) is -0.235. The zero-order valence-electron chi connectivity index (χ0n) is 9.73. The minimum Gasteiger partial charge on any atom is -0.481 e. The first-order chi connectivity index (χ1) is 7.49. The number of carbonyl (C=O) groups is 2. The van der Waals surface area contributed by atoms with E-state index in [4.69, 9.17) is 9.84 Å². The summed E-state index contributed by atoms with van der Waals surface area (Å²) in [7, 11) is 0. The van der Waals surface area contributed by atoms with Crippen LogP contribution in [0.4, 0.5) is 0 Å². The van der Waals surface area contributed by atoms with Crippen molar-refractivity contribution in [1.82, 2.24) is 5.32 Å². The van der Waals surface area contributed by atoms with Gasteiger partial charge in [-0.3, -0.25) is 9.59 Å². The van der Waals surface area contributed by atoms with Crippen molar-refractivity contribution >= 4 is 11.9 Å². The van der Waals surface area contributed by atoms with Gasteiger partial charge in [0.05, 0.1) is 12.5 Å². The predicted molar refractivity (Wildman–Crippen MR) is 58.0 cm³/mol. The lowest BCUT2D eigenvalue weighted by molar-refractivity contribution is -0.138. The van der Waals surface area contributed by atoms with Gasteiger partial charge in [-0.2, -0.15) is 0 Å². The Labute approximate surface area is 95.2 Å². The molecular formula is C11H19NO4. The van der Waals surface area contributed by atoms with Crippen LogP contribution >= 0.6 is 0 Å². The Hall–Kier alpha value is -1.10. The summed E-state index contributed by atoms with van der Waals surface area (Å²) in [4.78, 5) is 22.0. The third kappa shape index (κ3) is 5.11. The first-order valence-corrected chi connectivity index (χ1v) is 5.61. The van der Waals surface area contributed by atoms with Crippen molar-refractivity contribution in [3.63, 3.8) is 0 Å². The second-order valence-corrected chi connectivity index (χ2v) is 4.47. The Morgan fingerprint density at radius 2 is 2.06 bits per heavy atom. The van der Waals surface area contributed by atoms with Crippen LogP contribution in [-0.2, 0) is 14.3 Å². The van der Waals surface area contributed by atoms with Crippen LogP contribution < -0.4 is 5.32 Å². The summed E-state index contributed by atoms with van der Waals surface area (Å²) >= 11 is 0. The van der Waals surface area contributed by atoms with Gasteiger partial charge in [0, 0.05) is 6.04 Å². The molecule has 92 valence electrons. The number of nitrogens with one attached hydrogen (secondary N) is 1. The molecule has 1 aliphatic carbocycles. The van der Waals surface area contributed by atoms with Crippen molar-refractivity contribution in [1.29, 1.82) is 0 Å². The maximum atomic E-state index is 11.4. The average Bonchev–Trinajstić information content (AvgIpc) is 2.96. The van der Waals surface area contributed by atoms with Gasteiger partial charge >= 0.3 is 5.97 Å². The lowest BCUT2D eigenvalue weighted by atomic mass is 10.1. The molecule has 1 amide bonds. The first kappa shape index (κ1) is 13.0. The van der Waals surface area contributed by atoms with Gasteiger partial charge in [0.2, 0.25) is 5.91 Å². The standard InChI is InChI=1S/C11H19NO4/c1-7(2)16-6-10(13)12-9(5-11(14)15)8-3-4-8/h7-9H,3-6H2,1-2H3,(H,12,13)(H,14,15). The second-order valence-electron chi connectivity index (χ2n) is 4.47. The van der Waals surface area contributed by atoms with E-state index in [2.05, 4.69) is 5.32 Å². The number of ether oxygens (including phenoxy) is 1. The van der Waals surface area contributed by atoms with Crippen molar-refractivity contribution in [3.05, 3.63) is 0 Å². The molecule has 0 spiro atoms. The van der Waals surface area contributed by atoms with Crippen LogP contribution in [0, 0.1) is 5.92 Å². The smallest absolute Gasteiger partial charge is 0.305 e. The Balaban J connectivity index is 2.30. The summed E-state index contributed by atoms with van der Waals surface area (Å²) in [6.45, 7) is 3.70. The molecule has 2 N–H and O–H groups in total. The number of carboxylic acids is 1. The van der Waals surface area contributed by atoms with Crippen LogP contribution in [0.2, 0.25) is 0 Å². The monoisotopic (exact) mass is 229 g/mol. The lowest BCUT2D eigenvalue weighted by Gasteiger charge is -2.16. The van der Waals surface area contributed by atoms with Crippen LogP contribution in [0.3, 0.4) is 0 Å². The van der Waals surface area contributed by atoms with Crippen molar-refractivity contribution in [2.75, 3.05) is 6.61 Å². The molecule has 5 nitrogen and oxygen atoms in total. The van der Waals surface area contributed by atoms with Gasteiger partial charge in [0.15, 0.2) is 0 Å². The van der Waals surface area contributed by atoms with Gasteiger partial charge < -0.3 is 15.2 Å². The third-order valence-corrected chi connectivity index (χ3v) is 2.48. The minimum absolute atomic E-state index is 0.000502. The number of carboxylic acid groups (broad SMARTS) is 1. The molecule has 0 radical (unpaired) electrons. The van der Waals surface area contributed by atoms with Gasteiger partial charge in [0.1, 0.15) is 6.61 Å². The maximum absolute atomic E-state index is 11.4. The van der Waals surface area contributed by atoms with E-state index < -0.39 is 5.97 Å². The lowest BCUT2D eigenvalue weighted by Crippen LogP contribution is -2.40. The van der Waals surface area contributed by atoms with E-state index in [1.165, 1.54) is 0 Å². The normalized spacial score (nSPS) is 17.2. The van der Waals surface area contributed by atoms with E-state index in [0.29, 0.717) is 5.92 Å². The summed E-state index contributed by atoms with van der Waals surface area (Å²) in [5.74, 6) is -0.770. The fourth-order valence-corrected chi connectivity index (χ4v) is 1.51. The largest absolute Gasteiger partial charge is 0.481 e. The third-order valence-electron chi connectivity index (χ3n) is 2.48. The number of hydrogen-bond acceptors (Lipinski definition) is 3. The van der Waals surface area contributed by atoms with E-state index in [0.717, 1.165) is 12.8 Å². The van der Waals surface area contributed by atoms with E-state index in [-0.39, 0.29) is 31.1 Å². The number of aliphatic carboxylic acids is 1. The molecule has 1 rings (SSSR count). The molecule has 5 heteroatoms. The van der Waals surface area contributed by atoms with E-state index >= 15 is 0 Å². The van der Waals surface area contributed by atoms with Gasteiger partial charge in [-0.05, 0) is 32.6 Å². The molecule has 0 aromatic carbocycles. The first-order valence-electron chi connectivity index (χ1n) is 5.61. The molecule has 16 heavy (non-hydrogen) atoms. The maximum Gasteiger partial charge on any atom is 0.305 e. The molecule has 0 aromatic rings. The molecule has 0 aliphatic heterocycles. The average molecular weight is 229 g/mol. The number of amides is 1. The zero-order valence-corrected chi connectivity index (χ0v) is 9.73. The summed E-state index contributed by atoms with van der Waals surface area (Å²) < 4.78 is 5.15. The summed E-state index contributed by atoms with van der Waals surface area (Å²) in [5.41, 5.74) is 0. The molecule has 1 atom stereocenters. The van der Waals surface area contributed by atoms with Crippen molar-refractivity contribution in [2.45, 2.75) is 45.3 Å². The zero-order chi connectivity index (χ0) is 12.1. The molecule has 1 aliphatic rings. The molecule has 0 heterocycles. The molecule has 0 bridgehead atoms. The van der Waals surface area contributed by atoms with Crippen molar-refractivity contribution < 1.29 is 19.4 Å². The van der Waals surface area contributed by atoms with Gasteiger partial charge in [0.25, 0.3) is 0 Å². The van der Waals surface area contributed by atoms with E-state index in [1.807, 2.05) is 13.8 Å². The molecular weight excluding hydrogens is 210 g/mol. The fourth-order valence-electron chi connectivity index (χ4n) is 1.51. The predicted octanol–water partition coefficient (Wildman–Crippen LogP) is 0.781. The second kappa shape index (κ2) is 5.84.